The van der Waals surface area contributed by atoms with Gasteiger partial charge in [-0.25, -0.2) is 8.42 Å². The highest BCUT2D eigenvalue weighted by Crippen LogP contribution is 2.24. The first-order valence-electron chi connectivity index (χ1n) is 13.0. The van der Waals surface area contributed by atoms with Gasteiger partial charge in [0, 0.05) is 36.2 Å². The Labute approximate surface area is 245 Å². The van der Waals surface area contributed by atoms with Crippen molar-refractivity contribution in [1.82, 2.24) is 10.2 Å². The molecule has 3 aromatic rings. The van der Waals surface area contributed by atoms with E-state index in [0.29, 0.717) is 17.0 Å². The van der Waals surface area contributed by atoms with E-state index in [-0.39, 0.29) is 36.3 Å². The molecule has 10 nitrogen and oxygen atoms in total. The summed E-state index contributed by atoms with van der Waals surface area (Å²) in [6, 6.07) is 19.9. The van der Waals surface area contributed by atoms with Crippen molar-refractivity contribution in [1.29, 1.82) is 0 Å². The van der Waals surface area contributed by atoms with Gasteiger partial charge in [0.2, 0.25) is 21.8 Å². The molecule has 0 aliphatic rings. The molecule has 218 valence electrons. The minimum Gasteiger partial charge on any atom is -0.352 e. The smallest absolute Gasteiger partial charge is 0.271 e. The number of hydrogen-bond donors (Lipinski definition) is 1. The number of nitro groups is 1. The Balaban J connectivity index is 2.08. The molecule has 0 radical (unpaired) electrons. The van der Waals surface area contributed by atoms with Crippen LogP contribution >= 0.6 is 11.6 Å². The van der Waals surface area contributed by atoms with Gasteiger partial charge in [0.05, 0.1) is 16.9 Å². The lowest BCUT2D eigenvalue weighted by Crippen LogP contribution is -2.54. The molecule has 0 unspecified atom stereocenters. The zero-order valence-electron chi connectivity index (χ0n) is 23.1. The lowest BCUT2D eigenvalue weighted by Gasteiger charge is -2.34. The van der Waals surface area contributed by atoms with Crippen LogP contribution in [0.5, 0.6) is 0 Å². The Morgan fingerprint density at radius 2 is 1.66 bits per heavy atom. The summed E-state index contributed by atoms with van der Waals surface area (Å²) in [5.74, 6) is -1.05. The van der Waals surface area contributed by atoms with Gasteiger partial charge in [-0.15, -0.1) is 0 Å². The highest BCUT2D eigenvalue weighted by atomic mass is 35.5. The first kappa shape index (κ1) is 31.6. The predicted octanol–water partition coefficient (Wildman–Crippen LogP) is 4.57. The molecule has 0 fully saturated rings. The number of hydrogen-bond acceptors (Lipinski definition) is 6. The van der Waals surface area contributed by atoms with E-state index < -0.39 is 33.4 Å². The van der Waals surface area contributed by atoms with Gasteiger partial charge in [-0.1, -0.05) is 67.1 Å². The van der Waals surface area contributed by atoms with Gasteiger partial charge in [-0.2, -0.15) is 0 Å². The molecule has 0 saturated carbocycles. The summed E-state index contributed by atoms with van der Waals surface area (Å²) in [7, 11) is -4.05. The number of nitrogens with one attached hydrogen (secondary N) is 1. The Kier molecular flexibility index (Phi) is 10.8. The van der Waals surface area contributed by atoms with Crippen LogP contribution in [0.4, 0.5) is 11.4 Å². The van der Waals surface area contributed by atoms with Crippen molar-refractivity contribution in [2.75, 3.05) is 17.1 Å². The maximum atomic E-state index is 14.0. The number of carbonyl (C=O) groups excluding carboxylic acids is 2. The van der Waals surface area contributed by atoms with Gasteiger partial charge in [0.25, 0.3) is 5.69 Å². The van der Waals surface area contributed by atoms with Crippen LogP contribution in [0.15, 0.2) is 78.9 Å². The fraction of sp³-hybridized carbons (Fsp3) is 0.310. The predicted molar refractivity (Wildman–Crippen MR) is 159 cm³/mol. The number of non-ortho nitro benzene ring substituents is 1. The minimum absolute atomic E-state index is 0.0304. The van der Waals surface area contributed by atoms with E-state index >= 15 is 0 Å². The van der Waals surface area contributed by atoms with Crippen LogP contribution in [0.3, 0.4) is 0 Å². The van der Waals surface area contributed by atoms with E-state index in [1.807, 2.05) is 44.2 Å². The molecule has 3 rings (SSSR count). The zero-order valence-corrected chi connectivity index (χ0v) is 24.6. The summed E-state index contributed by atoms with van der Waals surface area (Å²) in [6.45, 7) is 3.07. The highest BCUT2D eigenvalue weighted by Gasteiger charge is 2.33. The molecule has 2 amide bonds. The second-order valence-electron chi connectivity index (χ2n) is 9.72. The fourth-order valence-corrected chi connectivity index (χ4v) is 5.26. The van der Waals surface area contributed by atoms with Crippen LogP contribution in [0, 0.1) is 10.1 Å². The summed E-state index contributed by atoms with van der Waals surface area (Å²) in [5, 5.41) is 14.7. The van der Waals surface area contributed by atoms with Crippen molar-refractivity contribution < 1.29 is 22.9 Å². The summed E-state index contributed by atoms with van der Waals surface area (Å²) < 4.78 is 26.5. The van der Waals surface area contributed by atoms with E-state index in [9.17, 15) is 28.1 Å². The molecule has 1 N–H and O–H groups in total. The lowest BCUT2D eigenvalue weighted by atomic mass is 10.0. The number of carbonyl (C=O) groups is 2. The molecule has 12 heteroatoms. The van der Waals surface area contributed by atoms with Crippen LogP contribution < -0.4 is 9.62 Å². The summed E-state index contributed by atoms with van der Waals surface area (Å²) in [4.78, 5) is 39.7. The third-order valence-corrected chi connectivity index (χ3v) is 7.90. The van der Waals surface area contributed by atoms with Crippen LogP contribution in [0.25, 0.3) is 0 Å². The third kappa shape index (κ3) is 9.02. The van der Waals surface area contributed by atoms with Crippen molar-refractivity contribution in [3.63, 3.8) is 0 Å². The van der Waals surface area contributed by atoms with Crippen LogP contribution in [-0.4, -0.2) is 54.9 Å². The molecule has 0 aliphatic heterocycles. The minimum atomic E-state index is -4.05. The number of sulfonamides is 1. The molecule has 0 spiro atoms. The van der Waals surface area contributed by atoms with Gasteiger partial charge in [0.15, 0.2) is 0 Å². The van der Waals surface area contributed by atoms with Gasteiger partial charge in [-0.3, -0.25) is 24.0 Å². The molecule has 2 atom stereocenters. The third-order valence-electron chi connectivity index (χ3n) is 6.52. The molecular weight excluding hydrogens is 568 g/mol. The largest absolute Gasteiger partial charge is 0.352 e. The molecule has 0 saturated heterocycles. The maximum absolute atomic E-state index is 14.0. The second-order valence-corrected chi connectivity index (χ2v) is 12.1. The molecule has 0 aliphatic carbocycles. The Hall–Kier alpha value is -3.96. The van der Waals surface area contributed by atoms with Crippen molar-refractivity contribution in [2.45, 2.75) is 45.3 Å². The number of benzene rings is 3. The second kappa shape index (κ2) is 14.1. The lowest BCUT2D eigenvalue weighted by molar-refractivity contribution is -0.384. The average molecular weight is 601 g/mol. The van der Waals surface area contributed by atoms with Gasteiger partial charge < -0.3 is 10.2 Å². The van der Waals surface area contributed by atoms with Crippen molar-refractivity contribution in [3.8, 4) is 0 Å². The van der Waals surface area contributed by atoms with Crippen molar-refractivity contribution in [3.05, 3.63) is 105 Å². The molecular formula is C29H33ClN4O6S. The number of rotatable bonds is 13. The first-order valence-corrected chi connectivity index (χ1v) is 15.2. The van der Waals surface area contributed by atoms with Crippen LogP contribution in [0.1, 0.15) is 31.4 Å². The number of amides is 2. The Morgan fingerprint density at radius 3 is 2.27 bits per heavy atom. The van der Waals surface area contributed by atoms with E-state index in [1.165, 1.54) is 23.1 Å². The molecule has 41 heavy (non-hydrogen) atoms. The summed E-state index contributed by atoms with van der Waals surface area (Å²) >= 11 is 6.21. The summed E-state index contributed by atoms with van der Waals surface area (Å²) in [6.07, 6.45) is 1.75. The molecule has 0 heterocycles. The van der Waals surface area contributed by atoms with Gasteiger partial charge in [-0.05, 0) is 42.7 Å². The summed E-state index contributed by atoms with van der Waals surface area (Å²) in [5.41, 5.74) is 1.08. The Morgan fingerprint density at radius 1 is 1.00 bits per heavy atom. The number of nitrogens with zero attached hydrogens (tertiary/aromatic N) is 3. The SMILES string of the molecule is CC[C@@H](C)NC(=O)[C@H](Cc1ccccc1)N(Cc1cccc(Cl)c1)C(=O)CN(c1cccc([N+](=O)[O-])c1)S(C)(=O)=O. The van der Waals surface area contributed by atoms with Gasteiger partial charge in [0.1, 0.15) is 12.6 Å². The monoisotopic (exact) mass is 600 g/mol. The van der Waals surface area contributed by atoms with Crippen LogP contribution in [0.2, 0.25) is 5.02 Å². The van der Waals surface area contributed by atoms with Crippen molar-refractivity contribution in [2.24, 2.45) is 0 Å². The average Bonchev–Trinajstić information content (AvgIpc) is 2.93. The molecule has 0 aromatic heterocycles. The number of anilines is 1. The number of halogens is 1. The van der Waals surface area contributed by atoms with E-state index in [0.717, 1.165) is 22.2 Å². The number of nitro benzene ring substituents is 1. The van der Waals surface area contributed by atoms with Crippen molar-refractivity contribution >= 4 is 44.8 Å². The maximum Gasteiger partial charge on any atom is 0.271 e. The van der Waals surface area contributed by atoms with Gasteiger partial charge >= 0.3 is 0 Å². The standard InChI is InChI=1S/C29H33ClN4O6S/c1-4-21(2)31-29(36)27(17-22-10-6-5-7-11-22)32(19-23-12-8-13-24(30)16-23)28(35)20-33(41(3,39)40)25-14-9-15-26(18-25)34(37)38/h5-16,18,21,27H,4,17,19-20H2,1-3H3,(H,31,36)/t21-,27+/m1/s1. The quantitative estimate of drug-likeness (QED) is 0.226. The first-order chi connectivity index (χ1) is 19.4. The van der Waals surface area contributed by atoms with E-state index in [2.05, 4.69) is 5.32 Å². The molecule has 3 aromatic carbocycles. The Bertz CT molecular complexity index is 1490. The highest BCUT2D eigenvalue weighted by molar-refractivity contribution is 7.92. The molecule has 0 bridgehead atoms. The zero-order chi connectivity index (χ0) is 30.2. The fourth-order valence-electron chi connectivity index (χ4n) is 4.20. The van der Waals surface area contributed by atoms with E-state index in [1.54, 1.807) is 24.3 Å². The van der Waals surface area contributed by atoms with E-state index in [4.69, 9.17) is 11.6 Å². The normalized spacial score (nSPS) is 12.7. The van der Waals surface area contributed by atoms with Crippen LogP contribution in [-0.2, 0) is 32.6 Å². The topological polar surface area (TPSA) is 130 Å².